The fourth-order valence-electron chi connectivity index (χ4n) is 2.71. The summed E-state index contributed by atoms with van der Waals surface area (Å²) in [5.74, 6) is 0. The van der Waals surface area contributed by atoms with Gasteiger partial charge in [-0.2, -0.15) is 0 Å². The number of thiophene rings is 2. The van der Waals surface area contributed by atoms with E-state index in [0.29, 0.717) is 6.04 Å². The van der Waals surface area contributed by atoms with E-state index in [0.717, 1.165) is 26.0 Å². The van der Waals surface area contributed by atoms with E-state index in [-0.39, 0.29) is 5.60 Å². The predicted molar refractivity (Wildman–Crippen MR) is 86.7 cm³/mol. The molecule has 0 amide bonds. The van der Waals surface area contributed by atoms with Gasteiger partial charge in [0.05, 0.1) is 5.60 Å². The molecule has 108 valence electrons. The van der Waals surface area contributed by atoms with E-state index in [1.165, 1.54) is 16.2 Å². The molecule has 1 N–H and O–H groups in total. The summed E-state index contributed by atoms with van der Waals surface area (Å²) < 4.78 is 5.89. The molecular weight excluding hydrogens is 286 g/mol. The van der Waals surface area contributed by atoms with Crippen LogP contribution in [0.15, 0.2) is 35.0 Å². The molecule has 0 bridgehead atoms. The lowest BCUT2D eigenvalue weighted by molar-refractivity contribution is 0.0188. The Morgan fingerprint density at radius 2 is 2.15 bits per heavy atom. The first-order valence-electron chi connectivity index (χ1n) is 7.18. The molecule has 0 spiro atoms. The minimum absolute atomic E-state index is 0.0188. The van der Waals surface area contributed by atoms with Gasteiger partial charge in [0.15, 0.2) is 0 Å². The molecule has 0 aromatic carbocycles. The monoisotopic (exact) mass is 307 g/mol. The maximum Gasteiger partial charge on any atom is 0.0779 e. The minimum Gasteiger partial charge on any atom is -0.374 e. The van der Waals surface area contributed by atoms with Gasteiger partial charge in [-0.25, -0.2) is 0 Å². The first-order chi connectivity index (χ1) is 9.75. The molecule has 2 aromatic heterocycles. The molecule has 2 atom stereocenters. The largest absolute Gasteiger partial charge is 0.374 e. The van der Waals surface area contributed by atoms with Gasteiger partial charge in [0.1, 0.15) is 0 Å². The highest BCUT2D eigenvalue weighted by atomic mass is 32.1. The van der Waals surface area contributed by atoms with Gasteiger partial charge < -0.3 is 10.1 Å². The lowest BCUT2D eigenvalue weighted by Gasteiger charge is -2.27. The summed E-state index contributed by atoms with van der Waals surface area (Å²) in [7, 11) is 0. The lowest BCUT2D eigenvalue weighted by Crippen LogP contribution is -2.39. The van der Waals surface area contributed by atoms with Gasteiger partial charge in [-0.3, -0.25) is 0 Å². The maximum atomic E-state index is 5.89. The molecule has 1 aliphatic heterocycles. The Labute approximate surface area is 128 Å². The van der Waals surface area contributed by atoms with Crippen molar-refractivity contribution in [3.63, 3.8) is 0 Å². The molecule has 0 aliphatic carbocycles. The smallest absolute Gasteiger partial charge is 0.0779 e. The van der Waals surface area contributed by atoms with Gasteiger partial charge in [-0.15, -0.1) is 22.7 Å². The molecule has 1 aliphatic rings. The van der Waals surface area contributed by atoms with Gasteiger partial charge >= 0.3 is 0 Å². The molecule has 3 rings (SSSR count). The Morgan fingerprint density at radius 3 is 2.80 bits per heavy atom. The van der Waals surface area contributed by atoms with Crippen molar-refractivity contribution in [2.75, 3.05) is 13.2 Å². The van der Waals surface area contributed by atoms with Crippen LogP contribution in [0.5, 0.6) is 0 Å². The highest BCUT2D eigenvalue weighted by Gasteiger charge is 2.30. The molecule has 3 heterocycles. The molecule has 2 aromatic rings. The predicted octanol–water partition coefficient (Wildman–Crippen LogP) is 4.25. The van der Waals surface area contributed by atoms with Gasteiger partial charge in [-0.1, -0.05) is 12.1 Å². The van der Waals surface area contributed by atoms with Crippen molar-refractivity contribution in [2.24, 2.45) is 0 Å². The van der Waals surface area contributed by atoms with Gasteiger partial charge in [0, 0.05) is 35.4 Å². The van der Waals surface area contributed by atoms with Crippen molar-refractivity contribution >= 4 is 22.7 Å². The van der Waals surface area contributed by atoms with Gasteiger partial charge in [-0.05, 0) is 42.7 Å². The lowest BCUT2D eigenvalue weighted by atomic mass is 10.0. The molecule has 2 unspecified atom stereocenters. The van der Waals surface area contributed by atoms with Crippen LogP contribution in [-0.4, -0.2) is 18.8 Å². The molecule has 4 heteroatoms. The standard InChI is InChI=1S/C16H21NOS2/c1-16(7-4-8-18-16)12-17-14(15-6-3-10-20-15)11-13-5-2-9-19-13/h2-3,5-6,9-10,14,17H,4,7-8,11-12H2,1H3. The Balaban J connectivity index is 1.66. The summed E-state index contributed by atoms with van der Waals surface area (Å²) in [6.07, 6.45) is 3.41. The SMILES string of the molecule is CC1(CNC(Cc2cccs2)c2cccs2)CCCO1. The van der Waals surface area contributed by atoms with Crippen molar-refractivity contribution in [3.8, 4) is 0 Å². The van der Waals surface area contributed by atoms with Crippen LogP contribution in [0.25, 0.3) is 0 Å². The van der Waals surface area contributed by atoms with Crippen molar-refractivity contribution in [1.29, 1.82) is 0 Å². The van der Waals surface area contributed by atoms with Crippen LogP contribution in [0.4, 0.5) is 0 Å². The van der Waals surface area contributed by atoms with Crippen molar-refractivity contribution in [1.82, 2.24) is 5.32 Å². The molecular formula is C16H21NOS2. The van der Waals surface area contributed by atoms with E-state index in [9.17, 15) is 0 Å². The van der Waals surface area contributed by atoms with Crippen LogP contribution in [0.3, 0.4) is 0 Å². The number of nitrogens with one attached hydrogen (secondary N) is 1. The number of hydrogen-bond donors (Lipinski definition) is 1. The van der Waals surface area contributed by atoms with Crippen LogP contribution >= 0.6 is 22.7 Å². The second-order valence-corrected chi connectivity index (χ2v) is 7.65. The van der Waals surface area contributed by atoms with E-state index < -0.39 is 0 Å². The van der Waals surface area contributed by atoms with E-state index in [4.69, 9.17) is 4.74 Å². The second-order valence-electron chi connectivity index (χ2n) is 5.63. The highest BCUT2D eigenvalue weighted by Crippen LogP contribution is 2.28. The molecule has 1 saturated heterocycles. The molecule has 20 heavy (non-hydrogen) atoms. The Hall–Kier alpha value is -0.680. The minimum atomic E-state index is 0.0188. The summed E-state index contributed by atoms with van der Waals surface area (Å²) in [4.78, 5) is 2.85. The molecule has 2 nitrogen and oxygen atoms in total. The Kier molecular flexibility index (Phi) is 4.56. The van der Waals surface area contributed by atoms with Gasteiger partial charge in [0.2, 0.25) is 0 Å². The third-order valence-electron chi connectivity index (χ3n) is 3.89. The van der Waals surface area contributed by atoms with Crippen LogP contribution in [0, 0.1) is 0 Å². The summed E-state index contributed by atoms with van der Waals surface area (Å²) in [6.45, 7) is 4.07. The maximum absolute atomic E-state index is 5.89. The third kappa shape index (κ3) is 3.50. The van der Waals surface area contributed by atoms with E-state index in [2.05, 4.69) is 47.3 Å². The highest BCUT2D eigenvalue weighted by molar-refractivity contribution is 7.10. The first-order valence-corrected chi connectivity index (χ1v) is 8.94. The van der Waals surface area contributed by atoms with Crippen molar-refractivity contribution in [3.05, 3.63) is 44.8 Å². The molecule has 0 saturated carbocycles. The second kappa shape index (κ2) is 6.39. The fourth-order valence-corrected chi connectivity index (χ4v) is 4.26. The van der Waals surface area contributed by atoms with Crippen LogP contribution < -0.4 is 5.32 Å². The topological polar surface area (TPSA) is 21.3 Å². The van der Waals surface area contributed by atoms with Crippen LogP contribution in [-0.2, 0) is 11.2 Å². The van der Waals surface area contributed by atoms with E-state index in [1.54, 1.807) is 0 Å². The quantitative estimate of drug-likeness (QED) is 0.861. The fraction of sp³-hybridized carbons (Fsp3) is 0.500. The number of hydrogen-bond acceptors (Lipinski definition) is 4. The third-order valence-corrected chi connectivity index (χ3v) is 5.78. The summed E-state index contributed by atoms with van der Waals surface area (Å²) in [5, 5.41) is 8.05. The Morgan fingerprint density at radius 1 is 1.30 bits per heavy atom. The van der Waals surface area contributed by atoms with E-state index in [1.807, 2.05) is 22.7 Å². The zero-order chi connectivity index (χ0) is 13.8. The van der Waals surface area contributed by atoms with Crippen LogP contribution in [0.2, 0.25) is 0 Å². The van der Waals surface area contributed by atoms with E-state index >= 15 is 0 Å². The zero-order valence-corrected chi connectivity index (χ0v) is 13.4. The van der Waals surface area contributed by atoms with Crippen molar-refractivity contribution in [2.45, 2.75) is 37.8 Å². The Bertz CT molecular complexity index is 501. The van der Waals surface area contributed by atoms with Crippen molar-refractivity contribution < 1.29 is 4.74 Å². The normalized spacial score (nSPS) is 24.1. The number of rotatable bonds is 6. The molecule has 0 radical (unpaired) electrons. The average Bonchev–Trinajstić information content (AvgIpc) is 3.17. The van der Waals surface area contributed by atoms with Crippen LogP contribution in [0.1, 0.15) is 35.6 Å². The zero-order valence-electron chi connectivity index (χ0n) is 11.8. The average molecular weight is 307 g/mol. The summed E-state index contributed by atoms with van der Waals surface area (Å²) >= 11 is 3.67. The first kappa shape index (κ1) is 14.3. The molecule has 1 fully saturated rings. The van der Waals surface area contributed by atoms with Gasteiger partial charge in [0.25, 0.3) is 0 Å². The summed E-state index contributed by atoms with van der Waals surface area (Å²) in [5.41, 5.74) is 0.0188. The number of ether oxygens (including phenoxy) is 1. The summed E-state index contributed by atoms with van der Waals surface area (Å²) in [6, 6.07) is 9.12.